The topological polar surface area (TPSA) is 48.1 Å². The molecule has 3 rings (SSSR count). The van der Waals surface area contributed by atoms with Crippen molar-refractivity contribution >= 4 is 28.2 Å². The SMILES string of the molecule is O=[N+]([O-])c1cccc2ccn(Cc3c(F)cccc3Cl)c12. The zero-order chi connectivity index (χ0) is 15.0. The molecule has 21 heavy (non-hydrogen) atoms. The standard InChI is InChI=1S/C15H10ClFN2O2/c16-12-4-2-5-13(17)11(12)9-18-8-7-10-3-1-6-14(15(10)18)19(20)21/h1-8H,9H2. The van der Waals surface area contributed by atoms with E-state index in [-0.39, 0.29) is 12.2 Å². The Morgan fingerprint density at radius 1 is 1.19 bits per heavy atom. The molecule has 0 unspecified atom stereocenters. The molecule has 1 aromatic heterocycles. The zero-order valence-corrected chi connectivity index (χ0v) is 11.5. The molecule has 0 aliphatic heterocycles. The van der Waals surface area contributed by atoms with Gasteiger partial charge in [-0.25, -0.2) is 4.39 Å². The lowest BCUT2D eigenvalue weighted by Gasteiger charge is -2.09. The van der Waals surface area contributed by atoms with Gasteiger partial charge >= 0.3 is 0 Å². The van der Waals surface area contributed by atoms with Crippen molar-refractivity contribution in [2.75, 3.05) is 0 Å². The normalized spacial score (nSPS) is 11.0. The lowest BCUT2D eigenvalue weighted by molar-refractivity contribution is -0.383. The number of hydrogen-bond acceptors (Lipinski definition) is 2. The van der Waals surface area contributed by atoms with E-state index < -0.39 is 10.7 Å². The molecule has 0 saturated carbocycles. The predicted octanol–water partition coefficient (Wildman–Crippen LogP) is 4.39. The third-order valence-electron chi connectivity index (χ3n) is 3.35. The Morgan fingerprint density at radius 2 is 1.95 bits per heavy atom. The largest absolute Gasteiger partial charge is 0.337 e. The van der Waals surface area contributed by atoms with Crippen molar-refractivity contribution in [1.82, 2.24) is 4.57 Å². The highest BCUT2D eigenvalue weighted by Gasteiger charge is 2.17. The maximum atomic E-state index is 13.9. The molecule has 0 atom stereocenters. The molecule has 2 aromatic carbocycles. The molecule has 0 aliphatic carbocycles. The Hall–Kier alpha value is -2.40. The number of fused-ring (bicyclic) bond motifs is 1. The summed E-state index contributed by atoms with van der Waals surface area (Å²) in [6.07, 6.45) is 1.69. The first-order valence-electron chi connectivity index (χ1n) is 6.23. The van der Waals surface area contributed by atoms with Crippen LogP contribution in [0.1, 0.15) is 5.56 Å². The summed E-state index contributed by atoms with van der Waals surface area (Å²) in [5, 5.41) is 12.2. The second-order valence-corrected chi connectivity index (χ2v) is 5.02. The molecule has 1 heterocycles. The van der Waals surface area contributed by atoms with Crippen molar-refractivity contribution in [1.29, 1.82) is 0 Å². The molecule has 0 aliphatic rings. The Labute approximate surface area is 124 Å². The molecular weight excluding hydrogens is 295 g/mol. The zero-order valence-electron chi connectivity index (χ0n) is 10.8. The van der Waals surface area contributed by atoms with E-state index in [1.54, 1.807) is 35.0 Å². The fourth-order valence-corrected chi connectivity index (χ4v) is 2.60. The number of nitro benzene ring substituents is 1. The van der Waals surface area contributed by atoms with Gasteiger partial charge in [-0.05, 0) is 18.2 Å². The van der Waals surface area contributed by atoms with Crippen LogP contribution in [-0.2, 0) is 6.54 Å². The number of non-ortho nitro benzene ring substituents is 1. The summed E-state index contributed by atoms with van der Waals surface area (Å²) >= 11 is 6.01. The van der Waals surface area contributed by atoms with Gasteiger partial charge in [0.25, 0.3) is 5.69 Å². The lowest BCUT2D eigenvalue weighted by Crippen LogP contribution is -2.03. The molecule has 0 spiro atoms. The van der Waals surface area contributed by atoms with Gasteiger partial charge in [-0.2, -0.15) is 0 Å². The first-order valence-corrected chi connectivity index (χ1v) is 6.61. The first-order chi connectivity index (χ1) is 10.1. The number of rotatable bonds is 3. The van der Waals surface area contributed by atoms with Crippen LogP contribution in [-0.4, -0.2) is 9.49 Å². The van der Waals surface area contributed by atoms with Crippen molar-refractivity contribution in [3.8, 4) is 0 Å². The number of benzene rings is 2. The number of halogens is 2. The van der Waals surface area contributed by atoms with Gasteiger partial charge in [0.15, 0.2) is 0 Å². The van der Waals surface area contributed by atoms with Crippen LogP contribution in [0.15, 0.2) is 48.7 Å². The molecule has 0 fully saturated rings. The van der Waals surface area contributed by atoms with E-state index in [0.29, 0.717) is 16.1 Å². The van der Waals surface area contributed by atoms with E-state index in [1.807, 2.05) is 0 Å². The molecule has 0 bridgehead atoms. The van der Waals surface area contributed by atoms with Gasteiger partial charge in [-0.1, -0.05) is 29.8 Å². The average Bonchev–Trinajstić information content (AvgIpc) is 2.86. The molecule has 0 amide bonds. The maximum absolute atomic E-state index is 13.9. The van der Waals surface area contributed by atoms with E-state index in [1.165, 1.54) is 18.2 Å². The summed E-state index contributed by atoms with van der Waals surface area (Å²) in [6, 6.07) is 11.0. The fourth-order valence-electron chi connectivity index (χ4n) is 2.37. The smallest absolute Gasteiger partial charge is 0.293 e. The molecular formula is C15H10ClFN2O2. The van der Waals surface area contributed by atoms with Crippen LogP contribution >= 0.6 is 11.6 Å². The molecule has 106 valence electrons. The van der Waals surface area contributed by atoms with Crippen molar-refractivity contribution in [3.05, 3.63) is 75.2 Å². The molecule has 4 nitrogen and oxygen atoms in total. The number of nitro groups is 1. The van der Waals surface area contributed by atoms with Crippen LogP contribution in [0.2, 0.25) is 5.02 Å². The molecule has 3 aromatic rings. The van der Waals surface area contributed by atoms with Crippen molar-refractivity contribution in [2.24, 2.45) is 0 Å². The number of para-hydroxylation sites is 1. The number of hydrogen-bond donors (Lipinski definition) is 0. The van der Waals surface area contributed by atoms with Gasteiger partial charge in [0.05, 0.1) is 11.5 Å². The lowest BCUT2D eigenvalue weighted by atomic mass is 10.2. The summed E-state index contributed by atoms with van der Waals surface area (Å²) in [6.45, 7) is 0.139. The van der Waals surface area contributed by atoms with Gasteiger partial charge in [0, 0.05) is 28.2 Å². The van der Waals surface area contributed by atoms with Gasteiger partial charge in [-0.15, -0.1) is 0 Å². The third-order valence-corrected chi connectivity index (χ3v) is 3.71. The summed E-state index contributed by atoms with van der Waals surface area (Å²) in [5.41, 5.74) is 0.765. The molecule has 0 radical (unpaired) electrons. The van der Waals surface area contributed by atoms with Crippen LogP contribution in [0.25, 0.3) is 10.9 Å². The molecule has 0 saturated heterocycles. The summed E-state index contributed by atoms with van der Waals surface area (Å²) in [5.74, 6) is -0.428. The van der Waals surface area contributed by atoms with E-state index in [9.17, 15) is 14.5 Å². The van der Waals surface area contributed by atoms with Crippen LogP contribution in [0.5, 0.6) is 0 Å². The van der Waals surface area contributed by atoms with Gasteiger partial charge < -0.3 is 4.57 Å². The van der Waals surface area contributed by atoms with E-state index in [0.717, 1.165) is 5.39 Å². The summed E-state index contributed by atoms with van der Waals surface area (Å²) in [7, 11) is 0. The van der Waals surface area contributed by atoms with Crippen LogP contribution in [0.3, 0.4) is 0 Å². The molecule has 6 heteroatoms. The highest BCUT2D eigenvalue weighted by Crippen LogP contribution is 2.28. The van der Waals surface area contributed by atoms with Gasteiger partial charge in [-0.3, -0.25) is 10.1 Å². The Bertz CT molecular complexity index is 825. The first kappa shape index (κ1) is 13.6. The van der Waals surface area contributed by atoms with Crippen molar-refractivity contribution < 1.29 is 9.31 Å². The monoisotopic (exact) mass is 304 g/mol. The fraction of sp³-hybridized carbons (Fsp3) is 0.0667. The Morgan fingerprint density at radius 3 is 2.67 bits per heavy atom. The Kier molecular flexibility index (Phi) is 3.35. The van der Waals surface area contributed by atoms with Crippen LogP contribution < -0.4 is 0 Å². The Balaban J connectivity index is 2.16. The van der Waals surface area contributed by atoms with Crippen molar-refractivity contribution in [3.63, 3.8) is 0 Å². The van der Waals surface area contributed by atoms with E-state index >= 15 is 0 Å². The highest BCUT2D eigenvalue weighted by atomic mass is 35.5. The molecule has 0 N–H and O–H groups in total. The van der Waals surface area contributed by atoms with Crippen molar-refractivity contribution in [2.45, 2.75) is 6.54 Å². The van der Waals surface area contributed by atoms with Gasteiger partial charge in [0.2, 0.25) is 0 Å². The summed E-state index contributed by atoms with van der Waals surface area (Å²) < 4.78 is 15.5. The third kappa shape index (κ3) is 2.36. The number of nitrogens with zero attached hydrogens (tertiary/aromatic N) is 2. The summed E-state index contributed by atoms with van der Waals surface area (Å²) in [4.78, 5) is 10.7. The van der Waals surface area contributed by atoms with Crippen LogP contribution in [0, 0.1) is 15.9 Å². The van der Waals surface area contributed by atoms with E-state index in [2.05, 4.69) is 0 Å². The minimum Gasteiger partial charge on any atom is -0.337 e. The highest BCUT2D eigenvalue weighted by molar-refractivity contribution is 6.31. The van der Waals surface area contributed by atoms with Gasteiger partial charge in [0.1, 0.15) is 11.3 Å². The average molecular weight is 305 g/mol. The second-order valence-electron chi connectivity index (χ2n) is 4.62. The predicted molar refractivity (Wildman–Crippen MR) is 79.1 cm³/mol. The van der Waals surface area contributed by atoms with E-state index in [4.69, 9.17) is 11.6 Å². The number of aromatic nitrogens is 1. The minimum atomic E-state index is -0.443. The minimum absolute atomic E-state index is 0.00929. The maximum Gasteiger partial charge on any atom is 0.293 e. The van der Waals surface area contributed by atoms with Crippen LogP contribution in [0.4, 0.5) is 10.1 Å². The second kappa shape index (κ2) is 5.18. The quantitative estimate of drug-likeness (QED) is 0.532.